The van der Waals surface area contributed by atoms with Crippen LogP contribution in [-0.2, 0) is 0 Å². The minimum absolute atomic E-state index is 0.264. The standard InChI is InChI=1S/C48H32FN3/c49-34-16-13-19-36(30-34)52-46-25-12-9-22-41(46)43-29-27-38(32-48(43)52)50(44-23-10-7-20-39(44)33-14-3-1-4-15-33)37-26-28-42-40-21-8-11-24-45(40)51(47(42)31-37)35-17-5-2-6-18-35/h1-32H. The van der Waals surface area contributed by atoms with Gasteiger partial charge in [-0.1, -0.05) is 121 Å². The quantitative estimate of drug-likeness (QED) is 0.172. The lowest BCUT2D eigenvalue weighted by atomic mass is 10.0. The Morgan fingerprint density at radius 1 is 0.365 bits per heavy atom. The summed E-state index contributed by atoms with van der Waals surface area (Å²) in [6.07, 6.45) is 0. The van der Waals surface area contributed by atoms with Crippen molar-refractivity contribution >= 4 is 60.7 Å². The Kier molecular flexibility index (Phi) is 7.00. The van der Waals surface area contributed by atoms with Crippen LogP contribution in [0, 0.1) is 5.82 Å². The molecule has 0 fully saturated rings. The van der Waals surface area contributed by atoms with Gasteiger partial charge in [0.25, 0.3) is 0 Å². The van der Waals surface area contributed by atoms with Gasteiger partial charge in [0.15, 0.2) is 0 Å². The first-order valence-electron chi connectivity index (χ1n) is 17.6. The average Bonchev–Trinajstić information content (AvgIpc) is 3.71. The number of hydrogen-bond acceptors (Lipinski definition) is 1. The van der Waals surface area contributed by atoms with Gasteiger partial charge in [-0.25, -0.2) is 4.39 Å². The number of hydrogen-bond donors (Lipinski definition) is 0. The summed E-state index contributed by atoms with van der Waals surface area (Å²) in [4.78, 5) is 2.36. The van der Waals surface area contributed by atoms with E-state index in [-0.39, 0.29) is 5.82 Å². The summed E-state index contributed by atoms with van der Waals surface area (Å²) < 4.78 is 19.3. The first kappa shape index (κ1) is 30.0. The molecule has 0 N–H and O–H groups in total. The minimum Gasteiger partial charge on any atom is -0.310 e. The van der Waals surface area contributed by atoms with E-state index in [0.29, 0.717) is 0 Å². The maximum atomic E-state index is 14.8. The number of fused-ring (bicyclic) bond motifs is 6. The van der Waals surface area contributed by atoms with Crippen molar-refractivity contribution in [2.24, 2.45) is 0 Å². The number of nitrogens with zero attached hydrogens (tertiary/aromatic N) is 3. The predicted octanol–water partition coefficient (Wildman–Crippen LogP) is 13.2. The molecule has 0 saturated heterocycles. The second kappa shape index (κ2) is 12.1. The van der Waals surface area contributed by atoms with E-state index in [9.17, 15) is 4.39 Å². The number of benzene rings is 8. The van der Waals surface area contributed by atoms with Gasteiger partial charge in [0.1, 0.15) is 5.82 Å². The highest BCUT2D eigenvalue weighted by Crippen LogP contribution is 2.45. The predicted molar refractivity (Wildman–Crippen MR) is 215 cm³/mol. The van der Waals surface area contributed by atoms with Crippen molar-refractivity contribution in [1.29, 1.82) is 0 Å². The van der Waals surface area contributed by atoms with Gasteiger partial charge in [0.2, 0.25) is 0 Å². The third-order valence-corrected chi connectivity index (χ3v) is 10.1. The first-order valence-corrected chi connectivity index (χ1v) is 17.6. The average molecular weight is 670 g/mol. The van der Waals surface area contributed by atoms with Crippen LogP contribution < -0.4 is 4.90 Å². The third-order valence-electron chi connectivity index (χ3n) is 10.1. The van der Waals surface area contributed by atoms with Gasteiger partial charge < -0.3 is 14.0 Å². The zero-order valence-corrected chi connectivity index (χ0v) is 28.2. The van der Waals surface area contributed by atoms with Crippen molar-refractivity contribution in [3.05, 3.63) is 200 Å². The van der Waals surface area contributed by atoms with E-state index in [1.165, 1.54) is 16.8 Å². The van der Waals surface area contributed by atoms with Crippen LogP contribution in [0.2, 0.25) is 0 Å². The van der Waals surface area contributed by atoms with Crippen LogP contribution in [-0.4, -0.2) is 9.13 Å². The molecule has 0 unspecified atom stereocenters. The van der Waals surface area contributed by atoms with E-state index < -0.39 is 0 Å². The van der Waals surface area contributed by atoms with Crippen LogP contribution in [0.25, 0.3) is 66.1 Å². The van der Waals surface area contributed by atoms with Crippen LogP contribution >= 0.6 is 0 Å². The van der Waals surface area contributed by atoms with E-state index >= 15 is 0 Å². The molecule has 0 amide bonds. The maximum Gasteiger partial charge on any atom is 0.125 e. The van der Waals surface area contributed by atoms with E-state index in [4.69, 9.17) is 0 Å². The van der Waals surface area contributed by atoms with Crippen molar-refractivity contribution in [3.8, 4) is 22.5 Å². The first-order chi connectivity index (χ1) is 25.7. The number of aromatic nitrogens is 2. The molecule has 8 aromatic carbocycles. The van der Waals surface area contributed by atoms with Gasteiger partial charge in [-0.3, -0.25) is 0 Å². The lowest BCUT2D eigenvalue weighted by Gasteiger charge is -2.28. The lowest BCUT2D eigenvalue weighted by molar-refractivity contribution is 0.627. The number of anilines is 3. The van der Waals surface area contributed by atoms with Crippen LogP contribution in [0.5, 0.6) is 0 Å². The Labute approximate surface area is 300 Å². The molecule has 246 valence electrons. The Bertz CT molecular complexity index is 2920. The summed E-state index contributed by atoms with van der Waals surface area (Å²) >= 11 is 0. The highest BCUT2D eigenvalue weighted by molar-refractivity contribution is 6.12. The van der Waals surface area contributed by atoms with Gasteiger partial charge in [0.05, 0.1) is 27.8 Å². The minimum atomic E-state index is -0.264. The number of halogens is 1. The van der Waals surface area contributed by atoms with E-state index in [1.54, 1.807) is 12.1 Å². The van der Waals surface area contributed by atoms with Crippen LogP contribution in [0.1, 0.15) is 0 Å². The Hall–Kier alpha value is -6.91. The van der Waals surface area contributed by atoms with Crippen molar-refractivity contribution < 1.29 is 4.39 Å². The monoisotopic (exact) mass is 669 g/mol. The molecule has 10 aromatic rings. The van der Waals surface area contributed by atoms with Gasteiger partial charge in [0, 0.05) is 49.9 Å². The molecule has 2 aromatic heterocycles. The highest BCUT2D eigenvalue weighted by atomic mass is 19.1. The fourth-order valence-corrected chi connectivity index (χ4v) is 7.90. The summed E-state index contributed by atoms with van der Waals surface area (Å²) in [5.41, 5.74) is 11.6. The van der Waals surface area contributed by atoms with Gasteiger partial charge in [-0.05, 0) is 78.4 Å². The van der Waals surface area contributed by atoms with Crippen molar-refractivity contribution in [2.45, 2.75) is 0 Å². The van der Waals surface area contributed by atoms with Crippen molar-refractivity contribution in [2.75, 3.05) is 4.90 Å². The molecule has 4 heteroatoms. The SMILES string of the molecule is Fc1cccc(-n2c3ccccc3c3ccc(N(c4ccc5c6ccccc6n(-c6ccccc6)c5c4)c4ccccc4-c4ccccc4)cc32)c1. The van der Waals surface area contributed by atoms with Crippen molar-refractivity contribution in [3.63, 3.8) is 0 Å². The van der Waals surface area contributed by atoms with Gasteiger partial charge in [-0.2, -0.15) is 0 Å². The van der Waals surface area contributed by atoms with Crippen LogP contribution in [0.15, 0.2) is 194 Å². The Morgan fingerprint density at radius 2 is 0.865 bits per heavy atom. The van der Waals surface area contributed by atoms with E-state index in [2.05, 4.69) is 178 Å². The molecule has 3 nitrogen and oxygen atoms in total. The summed E-state index contributed by atoms with van der Waals surface area (Å²) in [6, 6.07) is 67.1. The molecule has 0 aliphatic heterocycles. The van der Waals surface area contributed by atoms with Gasteiger partial charge in [-0.15, -0.1) is 0 Å². The summed E-state index contributed by atoms with van der Waals surface area (Å²) in [7, 11) is 0. The number of rotatable bonds is 6. The van der Waals surface area contributed by atoms with Crippen LogP contribution in [0.3, 0.4) is 0 Å². The van der Waals surface area contributed by atoms with Crippen LogP contribution in [0.4, 0.5) is 21.5 Å². The maximum absolute atomic E-state index is 14.8. The summed E-state index contributed by atoms with van der Waals surface area (Å²) in [5.74, 6) is -0.264. The highest BCUT2D eigenvalue weighted by Gasteiger charge is 2.22. The molecular formula is C48H32FN3. The van der Waals surface area contributed by atoms with E-state index in [1.807, 2.05) is 12.1 Å². The Morgan fingerprint density at radius 3 is 1.50 bits per heavy atom. The zero-order valence-electron chi connectivity index (χ0n) is 28.2. The molecule has 0 atom stereocenters. The fraction of sp³-hybridized carbons (Fsp3) is 0. The lowest BCUT2D eigenvalue weighted by Crippen LogP contribution is -2.11. The number of para-hydroxylation sites is 4. The third kappa shape index (κ3) is 4.80. The molecular weight excluding hydrogens is 638 g/mol. The molecule has 0 aliphatic rings. The second-order valence-electron chi connectivity index (χ2n) is 13.1. The second-order valence-corrected chi connectivity index (χ2v) is 13.1. The summed E-state index contributed by atoms with van der Waals surface area (Å²) in [6.45, 7) is 0. The largest absolute Gasteiger partial charge is 0.310 e. The molecule has 52 heavy (non-hydrogen) atoms. The van der Waals surface area contributed by atoms with E-state index in [0.717, 1.165) is 72.4 Å². The smallest absolute Gasteiger partial charge is 0.125 e. The topological polar surface area (TPSA) is 13.1 Å². The molecule has 0 saturated carbocycles. The normalized spacial score (nSPS) is 11.6. The molecule has 0 aliphatic carbocycles. The molecule has 0 spiro atoms. The fourth-order valence-electron chi connectivity index (χ4n) is 7.90. The van der Waals surface area contributed by atoms with Gasteiger partial charge >= 0.3 is 0 Å². The molecule has 2 heterocycles. The molecule has 0 bridgehead atoms. The Balaban J connectivity index is 1.28. The molecule has 10 rings (SSSR count). The molecule has 0 radical (unpaired) electrons. The zero-order chi connectivity index (χ0) is 34.6. The van der Waals surface area contributed by atoms with Crippen molar-refractivity contribution in [1.82, 2.24) is 9.13 Å². The summed E-state index contributed by atoms with van der Waals surface area (Å²) in [5, 5.41) is 4.64.